The molecule has 1 aromatic rings. The second-order valence-corrected chi connectivity index (χ2v) is 11.1. The Labute approximate surface area is 200 Å². The minimum absolute atomic E-state index is 0.499. The highest BCUT2D eigenvalue weighted by atomic mass is 19.2. The Hall–Kier alpha value is -1.44. The van der Waals surface area contributed by atoms with Crippen LogP contribution in [0.1, 0.15) is 114 Å². The molecule has 0 spiro atoms. The van der Waals surface area contributed by atoms with Crippen molar-refractivity contribution >= 4 is 5.57 Å². The van der Waals surface area contributed by atoms with Crippen molar-refractivity contribution in [2.24, 2.45) is 23.7 Å². The van der Waals surface area contributed by atoms with Gasteiger partial charge in [0.05, 0.1) is 0 Å². The third kappa shape index (κ3) is 6.58. The molecule has 0 N–H and O–H groups in total. The summed E-state index contributed by atoms with van der Waals surface area (Å²) in [5.74, 6) is 1.95. The highest BCUT2D eigenvalue weighted by Crippen LogP contribution is 2.42. The van der Waals surface area contributed by atoms with Crippen LogP contribution in [-0.2, 0) is 6.42 Å². The number of hydrogen-bond acceptors (Lipinski definition) is 0. The van der Waals surface area contributed by atoms with Crippen LogP contribution >= 0.6 is 0 Å². The molecule has 0 amide bonds. The van der Waals surface area contributed by atoms with E-state index in [0.29, 0.717) is 23.5 Å². The standard InChI is InChI=1S/C31H44F2/c1-2-8-23-13-15-25(16-14-23)26-17-19-27(20-18-26)29-22-21-28(30(32)31(29)33)12-7-6-11-24-9-4-3-5-10-24/h6,11,19,21-26H,2-5,7-10,12-18,20H2,1H3/b11-6+. The van der Waals surface area contributed by atoms with E-state index in [-0.39, 0.29) is 0 Å². The van der Waals surface area contributed by atoms with Crippen LogP contribution in [0.5, 0.6) is 0 Å². The van der Waals surface area contributed by atoms with Crippen LogP contribution in [0.15, 0.2) is 30.4 Å². The van der Waals surface area contributed by atoms with Crippen molar-refractivity contribution < 1.29 is 8.78 Å². The van der Waals surface area contributed by atoms with Gasteiger partial charge in [-0.1, -0.05) is 82.2 Å². The molecule has 1 unspecified atom stereocenters. The van der Waals surface area contributed by atoms with E-state index < -0.39 is 11.6 Å². The van der Waals surface area contributed by atoms with Gasteiger partial charge in [-0.05, 0) is 92.6 Å². The minimum atomic E-state index is -0.631. The summed E-state index contributed by atoms with van der Waals surface area (Å²) in [6.45, 7) is 2.29. The summed E-state index contributed by atoms with van der Waals surface area (Å²) in [5.41, 5.74) is 2.04. The first-order valence-electron chi connectivity index (χ1n) is 14.0. The zero-order chi connectivity index (χ0) is 23.0. The summed E-state index contributed by atoms with van der Waals surface area (Å²) in [5, 5.41) is 0. The zero-order valence-corrected chi connectivity index (χ0v) is 20.8. The Kier molecular flexibility index (Phi) is 9.21. The maximum atomic E-state index is 15.0. The van der Waals surface area contributed by atoms with Gasteiger partial charge in [-0.2, -0.15) is 0 Å². The van der Waals surface area contributed by atoms with Crippen molar-refractivity contribution in [1.29, 1.82) is 0 Å². The van der Waals surface area contributed by atoms with Gasteiger partial charge in [0.15, 0.2) is 11.6 Å². The van der Waals surface area contributed by atoms with E-state index in [1.807, 2.05) is 12.1 Å². The lowest BCUT2D eigenvalue weighted by Crippen LogP contribution is -2.23. The third-order valence-electron chi connectivity index (χ3n) is 8.85. The molecule has 182 valence electrons. The number of halogens is 2. The lowest BCUT2D eigenvalue weighted by molar-refractivity contribution is 0.189. The highest BCUT2D eigenvalue weighted by molar-refractivity contribution is 5.67. The van der Waals surface area contributed by atoms with Gasteiger partial charge in [0.2, 0.25) is 0 Å². The number of allylic oxidation sites excluding steroid dienone is 4. The number of hydrogen-bond donors (Lipinski definition) is 0. The van der Waals surface area contributed by atoms with Crippen molar-refractivity contribution in [3.05, 3.63) is 53.1 Å². The fourth-order valence-corrected chi connectivity index (χ4v) is 6.77. The molecule has 4 rings (SSSR count). The molecule has 0 saturated heterocycles. The Balaban J connectivity index is 1.30. The summed E-state index contributed by atoms with van der Waals surface area (Å²) >= 11 is 0. The fourth-order valence-electron chi connectivity index (χ4n) is 6.77. The third-order valence-corrected chi connectivity index (χ3v) is 8.85. The van der Waals surface area contributed by atoms with Crippen LogP contribution in [0.25, 0.3) is 5.57 Å². The Bertz CT molecular complexity index is 806. The molecule has 1 aromatic carbocycles. The first-order chi connectivity index (χ1) is 16.2. The predicted molar refractivity (Wildman–Crippen MR) is 136 cm³/mol. The smallest absolute Gasteiger partial charge is 0.166 e. The number of benzene rings is 1. The van der Waals surface area contributed by atoms with Gasteiger partial charge >= 0.3 is 0 Å². The van der Waals surface area contributed by atoms with Crippen molar-refractivity contribution in [2.45, 2.75) is 110 Å². The summed E-state index contributed by atoms with van der Waals surface area (Å²) in [7, 11) is 0. The van der Waals surface area contributed by atoms with E-state index >= 15 is 0 Å². The molecule has 0 bridgehead atoms. The maximum Gasteiger partial charge on any atom is 0.166 e. The molecular weight excluding hydrogens is 410 g/mol. The molecule has 3 aliphatic rings. The van der Waals surface area contributed by atoms with Gasteiger partial charge < -0.3 is 0 Å². The zero-order valence-electron chi connectivity index (χ0n) is 20.8. The first kappa shape index (κ1) is 24.7. The molecular formula is C31H44F2. The molecule has 0 aliphatic heterocycles. The molecule has 0 radical (unpaired) electrons. The number of rotatable bonds is 8. The van der Waals surface area contributed by atoms with Crippen molar-refractivity contribution in [1.82, 2.24) is 0 Å². The lowest BCUT2D eigenvalue weighted by atomic mass is 9.70. The van der Waals surface area contributed by atoms with Gasteiger partial charge in [-0.15, -0.1) is 0 Å². The fraction of sp³-hybridized carbons (Fsp3) is 0.677. The predicted octanol–water partition coefficient (Wildman–Crippen LogP) is 9.82. The van der Waals surface area contributed by atoms with Crippen LogP contribution in [-0.4, -0.2) is 0 Å². The molecule has 2 saturated carbocycles. The normalized spacial score (nSPS) is 27.1. The summed E-state index contributed by atoms with van der Waals surface area (Å²) in [4.78, 5) is 0. The highest BCUT2D eigenvalue weighted by Gasteiger charge is 2.29. The van der Waals surface area contributed by atoms with E-state index in [1.165, 1.54) is 70.6 Å². The van der Waals surface area contributed by atoms with Gasteiger partial charge in [0, 0.05) is 5.56 Å². The monoisotopic (exact) mass is 454 g/mol. The van der Waals surface area contributed by atoms with Crippen LogP contribution < -0.4 is 0 Å². The Morgan fingerprint density at radius 2 is 1.67 bits per heavy atom. The summed E-state index contributed by atoms with van der Waals surface area (Å²) < 4.78 is 29.8. The summed E-state index contributed by atoms with van der Waals surface area (Å²) in [6, 6.07) is 3.66. The molecule has 3 aliphatic carbocycles. The van der Waals surface area contributed by atoms with Crippen molar-refractivity contribution in [2.75, 3.05) is 0 Å². The van der Waals surface area contributed by atoms with E-state index in [4.69, 9.17) is 0 Å². The van der Waals surface area contributed by atoms with Gasteiger partial charge in [-0.3, -0.25) is 0 Å². The van der Waals surface area contributed by atoms with E-state index in [0.717, 1.165) is 49.0 Å². The van der Waals surface area contributed by atoms with Crippen LogP contribution in [0, 0.1) is 35.3 Å². The van der Waals surface area contributed by atoms with E-state index in [2.05, 4.69) is 25.2 Å². The van der Waals surface area contributed by atoms with Crippen LogP contribution in [0.2, 0.25) is 0 Å². The average molecular weight is 455 g/mol. The van der Waals surface area contributed by atoms with Gasteiger partial charge in [0.25, 0.3) is 0 Å². The minimum Gasteiger partial charge on any atom is -0.203 e. The van der Waals surface area contributed by atoms with Crippen LogP contribution in [0.3, 0.4) is 0 Å². The van der Waals surface area contributed by atoms with Gasteiger partial charge in [-0.25, -0.2) is 8.78 Å². The second kappa shape index (κ2) is 12.3. The summed E-state index contributed by atoms with van der Waals surface area (Å²) in [6.07, 6.45) is 25.9. The molecule has 1 atom stereocenters. The molecule has 2 fully saturated rings. The number of aryl methyl sites for hydroxylation is 1. The van der Waals surface area contributed by atoms with E-state index in [1.54, 1.807) is 0 Å². The van der Waals surface area contributed by atoms with E-state index in [9.17, 15) is 8.78 Å². The van der Waals surface area contributed by atoms with Crippen molar-refractivity contribution in [3.8, 4) is 0 Å². The molecule has 0 nitrogen and oxygen atoms in total. The average Bonchev–Trinajstić information content (AvgIpc) is 2.86. The van der Waals surface area contributed by atoms with Gasteiger partial charge in [0.1, 0.15) is 0 Å². The second-order valence-electron chi connectivity index (χ2n) is 11.1. The molecule has 33 heavy (non-hydrogen) atoms. The molecule has 2 heteroatoms. The Morgan fingerprint density at radius 3 is 2.36 bits per heavy atom. The maximum absolute atomic E-state index is 15.0. The van der Waals surface area contributed by atoms with Crippen LogP contribution in [0.4, 0.5) is 8.78 Å². The topological polar surface area (TPSA) is 0 Å². The first-order valence-corrected chi connectivity index (χ1v) is 14.0. The Morgan fingerprint density at radius 1 is 0.879 bits per heavy atom. The lowest BCUT2D eigenvalue weighted by Gasteiger charge is -2.35. The quantitative estimate of drug-likeness (QED) is 0.343. The largest absolute Gasteiger partial charge is 0.203 e. The molecule has 0 heterocycles. The van der Waals surface area contributed by atoms with Crippen molar-refractivity contribution in [3.63, 3.8) is 0 Å². The molecule has 0 aromatic heterocycles. The SMILES string of the molecule is CCCC1CCC(C2CC=C(c3ccc(CC/C=C/C4CCCCC4)c(F)c3F)CC2)CC1.